The normalized spacial score (nSPS) is 34.6. The van der Waals surface area contributed by atoms with Gasteiger partial charge in [-0.25, -0.2) is 4.98 Å². The van der Waals surface area contributed by atoms with E-state index in [1.807, 2.05) is 6.33 Å². The molecule has 0 unspecified atom stereocenters. The molecular formula is C12H19N3. The summed E-state index contributed by atoms with van der Waals surface area (Å²) in [6, 6.07) is 0. The van der Waals surface area contributed by atoms with Gasteiger partial charge in [0.15, 0.2) is 0 Å². The number of imidazole rings is 1. The zero-order valence-electron chi connectivity index (χ0n) is 9.34. The van der Waals surface area contributed by atoms with Gasteiger partial charge in [0.1, 0.15) is 0 Å². The number of fused-ring (bicyclic) bond motifs is 2. The molecule has 2 aliphatic rings. The van der Waals surface area contributed by atoms with Crippen LogP contribution in [0.1, 0.15) is 44.0 Å². The number of hydrogen-bond donors (Lipinski definition) is 2. The molecule has 3 rings (SSSR count). The first kappa shape index (κ1) is 9.40. The second-order valence-corrected chi connectivity index (χ2v) is 4.88. The van der Waals surface area contributed by atoms with Crippen LogP contribution in [0.2, 0.25) is 0 Å². The Bertz CT molecular complexity index is 358. The first-order valence-electron chi connectivity index (χ1n) is 6.14. The molecule has 3 nitrogen and oxygen atoms in total. The average molecular weight is 205 g/mol. The number of aromatic amines is 1. The van der Waals surface area contributed by atoms with E-state index in [2.05, 4.69) is 22.2 Å². The topological polar surface area (TPSA) is 40.7 Å². The minimum atomic E-state index is 0.211. The van der Waals surface area contributed by atoms with Gasteiger partial charge in [-0.2, -0.15) is 0 Å². The standard InChI is InChI=1S/C12H19N3/c1-2-9-4-3-6-12(9)11-10(5-7-15-12)13-8-14-11/h8-9,15H,2-7H2,1H3,(H,13,14)/t9-,12+/m0/s1. The van der Waals surface area contributed by atoms with E-state index in [0.717, 1.165) is 18.9 Å². The predicted octanol–water partition coefficient (Wildman–Crippen LogP) is 1.96. The Morgan fingerprint density at radius 2 is 2.53 bits per heavy atom. The van der Waals surface area contributed by atoms with Crippen LogP contribution in [0.3, 0.4) is 0 Å². The molecule has 1 aliphatic heterocycles. The summed E-state index contributed by atoms with van der Waals surface area (Å²) in [6.07, 6.45) is 8.20. The molecule has 0 saturated heterocycles. The third-order valence-electron chi connectivity index (χ3n) is 4.27. The highest BCUT2D eigenvalue weighted by Crippen LogP contribution is 2.46. The van der Waals surface area contributed by atoms with Crippen molar-refractivity contribution in [3.05, 3.63) is 17.7 Å². The maximum Gasteiger partial charge on any atom is 0.0926 e. The summed E-state index contributed by atoms with van der Waals surface area (Å²) in [4.78, 5) is 7.87. The molecule has 2 atom stereocenters. The molecule has 1 aromatic heterocycles. The van der Waals surface area contributed by atoms with Gasteiger partial charge >= 0.3 is 0 Å². The van der Waals surface area contributed by atoms with Crippen LogP contribution in [-0.2, 0) is 12.0 Å². The number of nitrogens with zero attached hydrogens (tertiary/aromatic N) is 1. The lowest BCUT2D eigenvalue weighted by Crippen LogP contribution is -2.49. The summed E-state index contributed by atoms with van der Waals surface area (Å²) < 4.78 is 0. The number of nitrogens with one attached hydrogen (secondary N) is 2. The van der Waals surface area contributed by atoms with Gasteiger partial charge in [0.05, 0.1) is 17.6 Å². The monoisotopic (exact) mass is 205 g/mol. The summed E-state index contributed by atoms with van der Waals surface area (Å²) in [5, 5.41) is 3.76. The molecule has 2 heterocycles. The van der Waals surface area contributed by atoms with Crippen molar-refractivity contribution in [1.82, 2.24) is 15.3 Å². The van der Waals surface area contributed by atoms with Gasteiger partial charge in [-0.3, -0.25) is 0 Å². The number of hydrogen-bond acceptors (Lipinski definition) is 2. The zero-order chi connectivity index (χ0) is 10.3. The molecule has 1 saturated carbocycles. The second-order valence-electron chi connectivity index (χ2n) is 4.88. The first-order chi connectivity index (χ1) is 7.37. The van der Waals surface area contributed by atoms with Gasteiger partial charge in [0.2, 0.25) is 0 Å². The fourth-order valence-electron chi connectivity index (χ4n) is 3.57. The van der Waals surface area contributed by atoms with Crippen LogP contribution in [0.5, 0.6) is 0 Å². The van der Waals surface area contributed by atoms with E-state index in [9.17, 15) is 0 Å². The van der Waals surface area contributed by atoms with E-state index in [1.54, 1.807) is 0 Å². The maximum absolute atomic E-state index is 4.57. The van der Waals surface area contributed by atoms with Crippen LogP contribution in [0.15, 0.2) is 6.33 Å². The highest BCUT2D eigenvalue weighted by Gasteiger charge is 2.47. The molecule has 3 heteroatoms. The highest BCUT2D eigenvalue weighted by atomic mass is 15.1. The Morgan fingerprint density at radius 1 is 1.60 bits per heavy atom. The van der Waals surface area contributed by atoms with Gasteiger partial charge < -0.3 is 10.3 Å². The van der Waals surface area contributed by atoms with Crippen LogP contribution in [0, 0.1) is 5.92 Å². The summed E-state index contributed by atoms with van der Waals surface area (Å²) >= 11 is 0. The molecule has 2 N–H and O–H groups in total. The Morgan fingerprint density at radius 3 is 3.40 bits per heavy atom. The Labute approximate surface area is 90.7 Å². The molecule has 0 bridgehead atoms. The van der Waals surface area contributed by atoms with E-state index in [4.69, 9.17) is 0 Å². The molecule has 0 radical (unpaired) electrons. The van der Waals surface area contributed by atoms with Crippen molar-refractivity contribution in [3.63, 3.8) is 0 Å². The van der Waals surface area contributed by atoms with Crippen LogP contribution < -0.4 is 5.32 Å². The second kappa shape index (κ2) is 3.34. The fraction of sp³-hybridized carbons (Fsp3) is 0.750. The molecule has 82 valence electrons. The van der Waals surface area contributed by atoms with Crippen molar-refractivity contribution in [2.24, 2.45) is 5.92 Å². The molecular weight excluding hydrogens is 186 g/mol. The van der Waals surface area contributed by atoms with E-state index in [0.29, 0.717) is 0 Å². The molecule has 1 fully saturated rings. The number of H-pyrrole nitrogens is 1. The lowest BCUT2D eigenvalue weighted by Gasteiger charge is -2.39. The van der Waals surface area contributed by atoms with Crippen LogP contribution in [0.4, 0.5) is 0 Å². The third-order valence-corrected chi connectivity index (χ3v) is 4.27. The van der Waals surface area contributed by atoms with Crippen LogP contribution in [-0.4, -0.2) is 16.5 Å². The SMILES string of the molecule is CC[C@H]1CCC[C@@]12NCCc1[nH]cnc12. The maximum atomic E-state index is 4.57. The molecule has 1 spiro atoms. The van der Waals surface area contributed by atoms with Gasteiger partial charge in [0.25, 0.3) is 0 Å². The molecule has 0 aromatic carbocycles. The zero-order valence-corrected chi connectivity index (χ0v) is 9.34. The minimum absolute atomic E-state index is 0.211. The largest absolute Gasteiger partial charge is 0.348 e. The van der Waals surface area contributed by atoms with Crippen molar-refractivity contribution in [2.45, 2.75) is 44.6 Å². The molecule has 0 amide bonds. The first-order valence-corrected chi connectivity index (χ1v) is 6.14. The van der Waals surface area contributed by atoms with Gasteiger partial charge in [-0.1, -0.05) is 19.8 Å². The molecule has 1 aromatic rings. The Kier molecular flexibility index (Phi) is 2.09. The fourth-order valence-corrected chi connectivity index (χ4v) is 3.57. The molecule has 1 aliphatic carbocycles. The minimum Gasteiger partial charge on any atom is -0.348 e. The van der Waals surface area contributed by atoms with Crippen molar-refractivity contribution >= 4 is 0 Å². The van der Waals surface area contributed by atoms with Crippen molar-refractivity contribution < 1.29 is 0 Å². The smallest absolute Gasteiger partial charge is 0.0926 e. The summed E-state index contributed by atoms with van der Waals surface area (Å²) in [7, 11) is 0. The average Bonchev–Trinajstić information content (AvgIpc) is 2.85. The van der Waals surface area contributed by atoms with Crippen LogP contribution in [0.25, 0.3) is 0 Å². The summed E-state index contributed by atoms with van der Waals surface area (Å²) in [5.74, 6) is 0.778. The van der Waals surface area contributed by atoms with Gasteiger partial charge in [-0.05, 0) is 18.8 Å². The Hall–Kier alpha value is -0.830. The molecule has 15 heavy (non-hydrogen) atoms. The van der Waals surface area contributed by atoms with E-state index in [-0.39, 0.29) is 5.54 Å². The highest BCUT2D eigenvalue weighted by molar-refractivity contribution is 5.27. The van der Waals surface area contributed by atoms with Crippen molar-refractivity contribution in [1.29, 1.82) is 0 Å². The lowest BCUT2D eigenvalue weighted by molar-refractivity contribution is 0.222. The predicted molar refractivity (Wildman–Crippen MR) is 59.6 cm³/mol. The number of rotatable bonds is 1. The Balaban J connectivity index is 2.06. The van der Waals surface area contributed by atoms with E-state index in [1.165, 1.54) is 37.1 Å². The van der Waals surface area contributed by atoms with E-state index < -0.39 is 0 Å². The van der Waals surface area contributed by atoms with Crippen molar-refractivity contribution in [3.8, 4) is 0 Å². The summed E-state index contributed by atoms with van der Waals surface area (Å²) in [6.45, 7) is 3.41. The van der Waals surface area contributed by atoms with Gasteiger partial charge in [0, 0.05) is 18.7 Å². The van der Waals surface area contributed by atoms with Gasteiger partial charge in [-0.15, -0.1) is 0 Å². The lowest BCUT2D eigenvalue weighted by atomic mass is 9.79. The number of aromatic nitrogens is 2. The quantitative estimate of drug-likeness (QED) is 0.736. The van der Waals surface area contributed by atoms with Crippen molar-refractivity contribution in [2.75, 3.05) is 6.54 Å². The van der Waals surface area contributed by atoms with E-state index >= 15 is 0 Å². The van der Waals surface area contributed by atoms with Crippen LogP contribution >= 0.6 is 0 Å². The summed E-state index contributed by atoms with van der Waals surface area (Å²) in [5.41, 5.74) is 2.90. The third kappa shape index (κ3) is 1.19.